The molecule has 2 heterocycles. The minimum Gasteiger partial charge on any atom is -0.341 e. The van der Waals surface area contributed by atoms with E-state index in [0.717, 1.165) is 38.4 Å². The number of nitrogens with one attached hydrogen (secondary N) is 1. The average Bonchev–Trinajstić information content (AvgIpc) is 2.71. The Morgan fingerprint density at radius 1 is 1.27 bits per heavy atom. The van der Waals surface area contributed by atoms with Crippen LogP contribution in [0.2, 0.25) is 0 Å². The average molecular weight is 233 g/mol. The normalized spacial score (nSPS) is 27.5. The van der Waals surface area contributed by atoms with Crippen molar-refractivity contribution in [1.29, 1.82) is 0 Å². The van der Waals surface area contributed by atoms with Gasteiger partial charge in [0.15, 0.2) is 0 Å². The monoisotopic (exact) mass is 232 g/mol. The van der Waals surface area contributed by atoms with E-state index >= 15 is 0 Å². The number of hydrogen-bond acceptors (Lipinski definition) is 2. The number of carbonyl (C=O) groups is 1. The van der Waals surface area contributed by atoms with Gasteiger partial charge in [-0.2, -0.15) is 0 Å². The highest BCUT2D eigenvalue weighted by atomic mass is 35.5. The molecule has 2 fully saturated rings. The zero-order valence-corrected chi connectivity index (χ0v) is 10.2. The number of piperidine rings is 1. The van der Waals surface area contributed by atoms with Gasteiger partial charge in [-0.1, -0.05) is 6.92 Å². The van der Waals surface area contributed by atoms with Crippen LogP contribution in [0.4, 0.5) is 0 Å². The minimum atomic E-state index is 0. The molecule has 0 aliphatic carbocycles. The third kappa shape index (κ3) is 3.08. The smallest absolute Gasteiger partial charge is 0.239 e. The molecule has 0 saturated carbocycles. The van der Waals surface area contributed by atoms with Crippen molar-refractivity contribution in [2.45, 2.75) is 38.6 Å². The Morgan fingerprint density at radius 3 is 2.47 bits per heavy atom. The van der Waals surface area contributed by atoms with Crippen molar-refractivity contribution in [3.05, 3.63) is 0 Å². The van der Waals surface area contributed by atoms with E-state index in [1.807, 2.05) is 4.90 Å². The molecule has 0 spiro atoms. The van der Waals surface area contributed by atoms with Gasteiger partial charge < -0.3 is 10.2 Å². The first-order valence-corrected chi connectivity index (χ1v) is 5.79. The van der Waals surface area contributed by atoms with E-state index in [4.69, 9.17) is 0 Å². The summed E-state index contributed by atoms with van der Waals surface area (Å²) >= 11 is 0. The molecule has 0 aromatic heterocycles. The molecule has 0 aromatic carbocycles. The summed E-state index contributed by atoms with van der Waals surface area (Å²) in [6.45, 7) is 5.23. The van der Waals surface area contributed by atoms with E-state index in [1.165, 1.54) is 12.8 Å². The second-order valence-electron chi connectivity index (χ2n) is 4.66. The molecule has 2 rings (SSSR count). The number of rotatable bonds is 1. The fourth-order valence-electron chi connectivity index (χ4n) is 2.34. The maximum absolute atomic E-state index is 12.0. The Balaban J connectivity index is 0.00000112. The molecule has 2 aliphatic heterocycles. The van der Waals surface area contributed by atoms with Crippen molar-refractivity contribution < 1.29 is 4.79 Å². The number of amides is 1. The quantitative estimate of drug-likeness (QED) is 0.742. The predicted molar refractivity (Wildman–Crippen MR) is 63.3 cm³/mol. The highest BCUT2D eigenvalue weighted by Crippen LogP contribution is 2.18. The number of likely N-dealkylation sites (tertiary alicyclic amines) is 1. The van der Waals surface area contributed by atoms with Gasteiger partial charge in [-0.15, -0.1) is 12.4 Å². The van der Waals surface area contributed by atoms with Crippen molar-refractivity contribution in [1.82, 2.24) is 10.2 Å². The molecule has 2 aliphatic rings. The molecule has 2 saturated heterocycles. The van der Waals surface area contributed by atoms with Gasteiger partial charge in [0.2, 0.25) is 5.91 Å². The summed E-state index contributed by atoms with van der Waals surface area (Å²) in [5, 5.41) is 3.27. The Bertz CT molecular complexity index is 209. The lowest BCUT2D eigenvalue weighted by atomic mass is 9.98. The molecule has 15 heavy (non-hydrogen) atoms. The summed E-state index contributed by atoms with van der Waals surface area (Å²) in [5.41, 5.74) is 0. The van der Waals surface area contributed by atoms with Crippen LogP contribution in [0.1, 0.15) is 32.6 Å². The van der Waals surface area contributed by atoms with Gasteiger partial charge in [0, 0.05) is 13.1 Å². The van der Waals surface area contributed by atoms with Gasteiger partial charge in [-0.25, -0.2) is 0 Å². The van der Waals surface area contributed by atoms with Crippen molar-refractivity contribution in [2.75, 3.05) is 19.6 Å². The van der Waals surface area contributed by atoms with Crippen molar-refractivity contribution >= 4 is 18.3 Å². The Labute approximate surface area is 98.0 Å². The second-order valence-corrected chi connectivity index (χ2v) is 4.66. The maximum Gasteiger partial charge on any atom is 0.239 e. The van der Waals surface area contributed by atoms with E-state index < -0.39 is 0 Å². The lowest BCUT2D eigenvalue weighted by molar-refractivity contribution is -0.134. The number of halogens is 1. The zero-order chi connectivity index (χ0) is 9.97. The van der Waals surface area contributed by atoms with Crippen LogP contribution >= 0.6 is 12.4 Å². The molecule has 1 N–H and O–H groups in total. The van der Waals surface area contributed by atoms with Crippen molar-refractivity contribution in [3.8, 4) is 0 Å². The third-order valence-corrected chi connectivity index (χ3v) is 3.45. The number of nitrogens with zero attached hydrogens (tertiary/aromatic N) is 1. The molecule has 88 valence electrons. The van der Waals surface area contributed by atoms with Crippen LogP contribution in [0, 0.1) is 5.92 Å². The first-order valence-electron chi connectivity index (χ1n) is 5.79. The van der Waals surface area contributed by atoms with E-state index in [9.17, 15) is 4.79 Å². The van der Waals surface area contributed by atoms with Crippen LogP contribution in [0.15, 0.2) is 0 Å². The predicted octanol–water partition coefficient (Wildman–Crippen LogP) is 1.42. The van der Waals surface area contributed by atoms with Crippen LogP contribution in [0.5, 0.6) is 0 Å². The molecular weight excluding hydrogens is 212 g/mol. The van der Waals surface area contributed by atoms with Gasteiger partial charge in [-0.3, -0.25) is 4.79 Å². The Kier molecular flexibility index (Phi) is 4.87. The molecule has 0 aromatic rings. The highest BCUT2D eigenvalue weighted by molar-refractivity contribution is 5.85. The van der Waals surface area contributed by atoms with Crippen LogP contribution in [0.3, 0.4) is 0 Å². The van der Waals surface area contributed by atoms with E-state index in [2.05, 4.69) is 12.2 Å². The fourth-order valence-corrected chi connectivity index (χ4v) is 2.34. The largest absolute Gasteiger partial charge is 0.341 e. The summed E-state index contributed by atoms with van der Waals surface area (Å²) in [6, 6.07) is 0.128. The lowest BCUT2D eigenvalue weighted by Crippen LogP contribution is -2.46. The Morgan fingerprint density at radius 2 is 1.93 bits per heavy atom. The molecule has 3 nitrogen and oxygen atoms in total. The summed E-state index contributed by atoms with van der Waals surface area (Å²) in [6.07, 6.45) is 4.54. The van der Waals surface area contributed by atoms with E-state index in [0.29, 0.717) is 5.91 Å². The van der Waals surface area contributed by atoms with Crippen LogP contribution in [-0.4, -0.2) is 36.5 Å². The number of hydrogen-bond donors (Lipinski definition) is 1. The number of carbonyl (C=O) groups excluding carboxylic acids is 1. The summed E-state index contributed by atoms with van der Waals surface area (Å²) in [7, 11) is 0. The first-order chi connectivity index (χ1) is 6.77. The molecule has 0 unspecified atom stereocenters. The minimum absolute atomic E-state index is 0. The topological polar surface area (TPSA) is 32.3 Å². The van der Waals surface area contributed by atoms with Gasteiger partial charge >= 0.3 is 0 Å². The van der Waals surface area contributed by atoms with Crippen LogP contribution in [-0.2, 0) is 4.79 Å². The summed E-state index contributed by atoms with van der Waals surface area (Å²) in [4.78, 5) is 14.0. The summed E-state index contributed by atoms with van der Waals surface area (Å²) in [5.74, 6) is 1.14. The van der Waals surface area contributed by atoms with Gasteiger partial charge in [0.1, 0.15) is 0 Å². The Hall–Kier alpha value is -0.280. The van der Waals surface area contributed by atoms with Gasteiger partial charge in [0.25, 0.3) is 0 Å². The molecule has 0 bridgehead atoms. The molecule has 1 amide bonds. The first kappa shape index (κ1) is 12.8. The SMILES string of the molecule is CC1CCN(C(=O)[C@@H]2CCCN2)CC1.Cl. The van der Waals surface area contributed by atoms with E-state index in [1.54, 1.807) is 0 Å². The molecule has 1 atom stereocenters. The van der Waals surface area contributed by atoms with Gasteiger partial charge in [0.05, 0.1) is 6.04 Å². The lowest BCUT2D eigenvalue weighted by Gasteiger charge is -2.32. The molecule has 0 radical (unpaired) electrons. The van der Waals surface area contributed by atoms with Gasteiger partial charge in [-0.05, 0) is 38.1 Å². The second kappa shape index (κ2) is 5.71. The molecule has 4 heteroatoms. The third-order valence-electron chi connectivity index (χ3n) is 3.45. The van der Waals surface area contributed by atoms with Crippen molar-refractivity contribution in [2.24, 2.45) is 5.92 Å². The fraction of sp³-hybridized carbons (Fsp3) is 0.909. The molecular formula is C11H21ClN2O. The van der Waals surface area contributed by atoms with E-state index in [-0.39, 0.29) is 18.4 Å². The van der Waals surface area contributed by atoms with Crippen LogP contribution in [0.25, 0.3) is 0 Å². The maximum atomic E-state index is 12.0. The van der Waals surface area contributed by atoms with Crippen molar-refractivity contribution in [3.63, 3.8) is 0 Å². The summed E-state index contributed by atoms with van der Waals surface area (Å²) < 4.78 is 0. The zero-order valence-electron chi connectivity index (χ0n) is 9.37. The highest BCUT2D eigenvalue weighted by Gasteiger charge is 2.28. The standard InChI is InChI=1S/C11H20N2O.ClH/c1-9-4-7-13(8-5-9)11(14)10-3-2-6-12-10;/h9-10,12H,2-8H2,1H3;1H/t10-;/m0./s1. The van der Waals surface area contributed by atoms with Crippen LogP contribution < -0.4 is 5.32 Å².